The minimum atomic E-state index is -0.119. The topological polar surface area (TPSA) is 32.3 Å². The quantitative estimate of drug-likeness (QED) is 0.776. The van der Waals surface area contributed by atoms with Gasteiger partial charge in [0, 0.05) is 12.6 Å². The third-order valence-electron chi connectivity index (χ3n) is 3.08. The van der Waals surface area contributed by atoms with Gasteiger partial charge in [0.15, 0.2) is 0 Å². The first-order valence-corrected chi connectivity index (χ1v) is 5.40. The van der Waals surface area contributed by atoms with E-state index in [9.17, 15) is 4.39 Å². The van der Waals surface area contributed by atoms with Gasteiger partial charge >= 0.3 is 0 Å². The van der Waals surface area contributed by atoms with Crippen molar-refractivity contribution in [2.45, 2.75) is 24.8 Å². The number of hydrogen-bond donors (Lipinski definition) is 2. The van der Waals surface area contributed by atoms with Crippen LogP contribution in [0.3, 0.4) is 0 Å². The maximum atomic E-state index is 13.5. The Hall–Kier alpha value is -0.930. The van der Waals surface area contributed by atoms with E-state index >= 15 is 0 Å². The zero-order chi connectivity index (χ0) is 10.7. The SMILES string of the molecule is OCC1CCC(c2ccccc2F)CN1. The summed E-state index contributed by atoms with van der Waals surface area (Å²) in [6.45, 7) is 0.927. The molecule has 1 aromatic carbocycles. The van der Waals surface area contributed by atoms with Crippen LogP contribution in [0.5, 0.6) is 0 Å². The average molecular weight is 209 g/mol. The lowest BCUT2D eigenvalue weighted by molar-refractivity contribution is 0.212. The zero-order valence-corrected chi connectivity index (χ0v) is 8.62. The second-order valence-corrected chi connectivity index (χ2v) is 4.08. The van der Waals surface area contributed by atoms with Crippen LogP contribution in [0.15, 0.2) is 24.3 Å². The molecule has 2 rings (SSSR count). The van der Waals surface area contributed by atoms with E-state index in [0.717, 1.165) is 24.9 Å². The van der Waals surface area contributed by atoms with Gasteiger partial charge in [-0.3, -0.25) is 0 Å². The monoisotopic (exact) mass is 209 g/mol. The van der Waals surface area contributed by atoms with Gasteiger partial charge in [-0.15, -0.1) is 0 Å². The van der Waals surface area contributed by atoms with Gasteiger partial charge in [0.1, 0.15) is 5.82 Å². The summed E-state index contributed by atoms with van der Waals surface area (Å²) >= 11 is 0. The van der Waals surface area contributed by atoms with Crippen molar-refractivity contribution in [1.82, 2.24) is 5.32 Å². The Labute approximate surface area is 89.1 Å². The Bertz CT molecular complexity index is 321. The minimum absolute atomic E-state index is 0.119. The molecule has 0 aliphatic carbocycles. The molecular weight excluding hydrogens is 193 g/mol. The van der Waals surface area contributed by atoms with Crippen LogP contribution in [0, 0.1) is 5.82 Å². The van der Waals surface area contributed by atoms with E-state index in [-0.39, 0.29) is 24.4 Å². The molecule has 15 heavy (non-hydrogen) atoms. The van der Waals surface area contributed by atoms with E-state index < -0.39 is 0 Å². The van der Waals surface area contributed by atoms with Crippen LogP contribution in [0.25, 0.3) is 0 Å². The Kier molecular flexibility index (Phi) is 3.34. The predicted octanol–water partition coefficient (Wildman–Crippen LogP) is 1.65. The van der Waals surface area contributed by atoms with Gasteiger partial charge in [0.25, 0.3) is 0 Å². The number of rotatable bonds is 2. The number of halogens is 1. The van der Waals surface area contributed by atoms with Crippen molar-refractivity contribution in [1.29, 1.82) is 0 Å². The molecule has 2 N–H and O–H groups in total. The van der Waals surface area contributed by atoms with E-state index in [1.165, 1.54) is 6.07 Å². The molecule has 1 aliphatic rings. The van der Waals surface area contributed by atoms with Gasteiger partial charge in [-0.2, -0.15) is 0 Å². The fourth-order valence-electron chi connectivity index (χ4n) is 2.14. The van der Waals surface area contributed by atoms with E-state index in [1.807, 2.05) is 12.1 Å². The lowest BCUT2D eigenvalue weighted by Crippen LogP contribution is -2.40. The van der Waals surface area contributed by atoms with Crippen LogP contribution in [0.2, 0.25) is 0 Å². The summed E-state index contributed by atoms with van der Waals surface area (Å²) < 4.78 is 13.5. The molecule has 82 valence electrons. The molecule has 2 atom stereocenters. The number of hydrogen-bond acceptors (Lipinski definition) is 2. The lowest BCUT2D eigenvalue weighted by Gasteiger charge is -2.29. The smallest absolute Gasteiger partial charge is 0.126 e. The highest BCUT2D eigenvalue weighted by Gasteiger charge is 2.22. The summed E-state index contributed by atoms with van der Waals surface area (Å²) in [5.74, 6) is 0.126. The fourth-order valence-corrected chi connectivity index (χ4v) is 2.14. The number of benzene rings is 1. The van der Waals surface area contributed by atoms with Gasteiger partial charge in [-0.25, -0.2) is 4.39 Å². The van der Waals surface area contributed by atoms with Crippen molar-refractivity contribution in [2.24, 2.45) is 0 Å². The highest BCUT2D eigenvalue weighted by atomic mass is 19.1. The van der Waals surface area contributed by atoms with Crippen LogP contribution in [-0.2, 0) is 0 Å². The molecule has 0 bridgehead atoms. The van der Waals surface area contributed by atoms with Gasteiger partial charge in [-0.1, -0.05) is 18.2 Å². The molecule has 1 fully saturated rings. The van der Waals surface area contributed by atoms with Crippen molar-refractivity contribution in [3.63, 3.8) is 0 Å². The molecule has 1 saturated heterocycles. The molecule has 1 aromatic rings. The summed E-state index contributed by atoms with van der Waals surface area (Å²) in [5, 5.41) is 12.2. The molecule has 0 aromatic heterocycles. The summed E-state index contributed by atoms with van der Waals surface area (Å²) in [7, 11) is 0. The average Bonchev–Trinajstić information content (AvgIpc) is 2.30. The first kappa shape index (κ1) is 10.6. The standard InChI is InChI=1S/C12H16FNO/c13-12-4-2-1-3-11(12)9-5-6-10(8-15)14-7-9/h1-4,9-10,14-15H,5-8H2. The van der Waals surface area contributed by atoms with Crippen LogP contribution >= 0.6 is 0 Å². The maximum Gasteiger partial charge on any atom is 0.126 e. The molecule has 0 saturated carbocycles. The summed E-state index contributed by atoms with van der Waals surface area (Å²) in [6.07, 6.45) is 1.86. The molecule has 2 unspecified atom stereocenters. The van der Waals surface area contributed by atoms with Gasteiger partial charge in [0.05, 0.1) is 6.61 Å². The second-order valence-electron chi connectivity index (χ2n) is 4.08. The highest BCUT2D eigenvalue weighted by molar-refractivity contribution is 5.22. The van der Waals surface area contributed by atoms with E-state index in [1.54, 1.807) is 6.07 Å². The highest BCUT2D eigenvalue weighted by Crippen LogP contribution is 2.26. The third kappa shape index (κ3) is 2.36. The maximum absolute atomic E-state index is 13.5. The van der Waals surface area contributed by atoms with Crippen LogP contribution < -0.4 is 5.32 Å². The molecule has 3 heteroatoms. The van der Waals surface area contributed by atoms with Crippen LogP contribution in [0.4, 0.5) is 4.39 Å². The molecule has 1 aliphatic heterocycles. The van der Waals surface area contributed by atoms with Crippen LogP contribution in [-0.4, -0.2) is 24.3 Å². The van der Waals surface area contributed by atoms with Gasteiger partial charge in [0.2, 0.25) is 0 Å². The number of piperidine rings is 1. The predicted molar refractivity (Wildman–Crippen MR) is 57.3 cm³/mol. The molecule has 0 spiro atoms. The normalized spacial score (nSPS) is 26.5. The Morgan fingerprint density at radius 3 is 2.73 bits per heavy atom. The first-order chi connectivity index (χ1) is 7.31. The van der Waals surface area contributed by atoms with Crippen molar-refractivity contribution in [3.8, 4) is 0 Å². The van der Waals surface area contributed by atoms with E-state index in [2.05, 4.69) is 5.32 Å². The van der Waals surface area contributed by atoms with Crippen molar-refractivity contribution < 1.29 is 9.50 Å². The summed E-state index contributed by atoms with van der Waals surface area (Å²) in [5.41, 5.74) is 0.793. The number of nitrogens with one attached hydrogen (secondary N) is 1. The van der Waals surface area contributed by atoms with Gasteiger partial charge < -0.3 is 10.4 Å². The molecular formula is C12H16FNO. The summed E-state index contributed by atoms with van der Waals surface area (Å²) in [6, 6.07) is 7.13. The van der Waals surface area contributed by atoms with Crippen molar-refractivity contribution in [2.75, 3.05) is 13.2 Å². The molecule has 2 nitrogen and oxygen atoms in total. The first-order valence-electron chi connectivity index (χ1n) is 5.40. The number of aliphatic hydroxyl groups is 1. The minimum Gasteiger partial charge on any atom is -0.395 e. The van der Waals surface area contributed by atoms with Gasteiger partial charge in [-0.05, 0) is 30.4 Å². The molecule has 1 heterocycles. The van der Waals surface area contributed by atoms with Crippen molar-refractivity contribution in [3.05, 3.63) is 35.6 Å². The Balaban J connectivity index is 2.04. The largest absolute Gasteiger partial charge is 0.395 e. The fraction of sp³-hybridized carbons (Fsp3) is 0.500. The second kappa shape index (κ2) is 4.73. The van der Waals surface area contributed by atoms with E-state index in [0.29, 0.717) is 0 Å². The molecule has 0 amide bonds. The summed E-state index contributed by atoms with van der Waals surface area (Å²) in [4.78, 5) is 0. The zero-order valence-electron chi connectivity index (χ0n) is 8.62. The third-order valence-corrected chi connectivity index (χ3v) is 3.08. The van der Waals surface area contributed by atoms with E-state index in [4.69, 9.17) is 5.11 Å². The Morgan fingerprint density at radius 1 is 1.33 bits per heavy atom. The van der Waals surface area contributed by atoms with Crippen LogP contribution in [0.1, 0.15) is 24.3 Å². The number of aliphatic hydroxyl groups excluding tert-OH is 1. The van der Waals surface area contributed by atoms with Crippen molar-refractivity contribution >= 4 is 0 Å². The lowest BCUT2D eigenvalue weighted by atomic mass is 9.88. The Morgan fingerprint density at radius 2 is 2.13 bits per heavy atom. The molecule has 0 radical (unpaired) electrons.